The zero-order valence-electron chi connectivity index (χ0n) is 11.1. The second-order valence-corrected chi connectivity index (χ2v) is 7.87. The molecule has 108 valence electrons. The largest absolute Gasteiger partial charge is 0.465 e. The van der Waals surface area contributed by atoms with E-state index >= 15 is 0 Å². The number of carbonyl (C=O) groups excluding carboxylic acids is 1. The van der Waals surface area contributed by atoms with E-state index in [1.54, 1.807) is 30.5 Å². The highest BCUT2D eigenvalue weighted by Crippen LogP contribution is 2.32. The van der Waals surface area contributed by atoms with Gasteiger partial charge in [-0.2, -0.15) is 0 Å². The van der Waals surface area contributed by atoms with Crippen molar-refractivity contribution in [3.63, 3.8) is 0 Å². The van der Waals surface area contributed by atoms with Crippen LogP contribution in [-0.2, 0) is 14.8 Å². The standard InChI is InChI=1S/C12H13NO4S3/c1-17-12(14)11-7-8-6-9(4-5-10(8)19-11)13(18-2)20(3,15)16/h4-7H,1-3H3. The first-order valence-electron chi connectivity index (χ1n) is 5.53. The number of esters is 1. The van der Waals surface area contributed by atoms with Crippen molar-refractivity contribution < 1.29 is 17.9 Å². The molecule has 0 aliphatic rings. The number of hydrogen-bond donors (Lipinski definition) is 0. The molecule has 0 radical (unpaired) electrons. The molecule has 0 N–H and O–H groups in total. The van der Waals surface area contributed by atoms with E-state index in [0.29, 0.717) is 10.6 Å². The van der Waals surface area contributed by atoms with Crippen LogP contribution >= 0.6 is 23.3 Å². The number of benzene rings is 1. The van der Waals surface area contributed by atoms with Gasteiger partial charge in [0.25, 0.3) is 0 Å². The summed E-state index contributed by atoms with van der Waals surface area (Å²) in [5.74, 6) is -0.391. The van der Waals surface area contributed by atoms with Gasteiger partial charge in [-0.25, -0.2) is 16.9 Å². The predicted molar refractivity (Wildman–Crippen MR) is 84.0 cm³/mol. The molecule has 0 aliphatic heterocycles. The number of fused-ring (bicyclic) bond motifs is 1. The van der Waals surface area contributed by atoms with Gasteiger partial charge < -0.3 is 4.74 Å². The van der Waals surface area contributed by atoms with Gasteiger partial charge in [0.2, 0.25) is 10.0 Å². The smallest absolute Gasteiger partial charge is 0.348 e. The van der Waals surface area contributed by atoms with Gasteiger partial charge in [0.15, 0.2) is 0 Å². The molecule has 1 aromatic carbocycles. The van der Waals surface area contributed by atoms with Gasteiger partial charge in [-0.1, -0.05) is 0 Å². The highest BCUT2D eigenvalue weighted by molar-refractivity contribution is 8.14. The summed E-state index contributed by atoms with van der Waals surface area (Å²) in [5.41, 5.74) is 0.557. The Labute approximate surface area is 125 Å². The molecule has 0 bridgehead atoms. The predicted octanol–water partition coefficient (Wildman–Crippen LogP) is 2.73. The molecule has 20 heavy (non-hydrogen) atoms. The van der Waals surface area contributed by atoms with Crippen LogP contribution in [0.5, 0.6) is 0 Å². The lowest BCUT2D eigenvalue weighted by Crippen LogP contribution is -2.21. The van der Waals surface area contributed by atoms with Crippen LogP contribution in [0.4, 0.5) is 5.69 Å². The zero-order chi connectivity index (χ0) is 14.9. The first-order chi connectivity index (χ1) is 9.36. The van der Waals surface area contributed by atoms with Crippen molar-refractivity contribution in [2.75, 3.05) is 23.3 Å². The normalized spacial score (nSPS) is 11.6. The summed E-state index contributed by atoms with van der Waals surface area (Å²) < 4.78 is 30.2. The maximum Gasteiger partial charge on any atom is 0.348 e. The fourth-order valence-corrected chi connectivity index (χ4v) is 4.64. The summed E-state index contributed by atoms with van der Waals surface area (Å²) in [5, 5.41) is 0.815. The third-order valence-corrected chi connectivity index (χ3v) is 6.28. The lowest BCUT2D eigenvalue weighted by Gasteiger charge is -2.18. The summed E-state index contributed by atoms with van der Waals surface area (Å²) in [6.45, 7) is 0. The number of sulfonamides is 1. The average Bonchev–Trinajstić information content (AvgIpc) is 2.80. The molecule has 0 atom stereocenters. The van der Waals surface area contributed by atoms with E-state index in [1.165, 1.54) is 22.2 Å². The number of methoxy groups -OCH3 is 1. The van der Waals surface area contributed by atoms with E-state index < -0.39 is 16.0 Å². The molecule has 1 heterocycles. The SMILES string of the molecule is COC(=O)c1cc2cc(N(SC)S(C)(=O)=O)ccc2s1. The number of hydrogen-bond acceptors (Lipinski definition) is 6. The van der Waals surface area contributed by atoms with Crippen LogP contribution in [0.1, 0.15) is 9.67 Å². The number of anilines is 1. The minimum atomic E-state index is -3.34. The first kappa shape index (κ1) is 15.1. The highest BCUT2D eigenvalue weighted by Gasteiger charge is 2.18. The third kappa shape index (κ3) is 2.92. The summed E-state index contributed by atoms with van der Waals surface area (Å²) in [6.07, 6.45) is 2.85. The minimum Gasteiger partial charge on any atom is -0.465 e. The molecule has 0 saturated carbocycles. The van der Waals surface area contributed by atoms with E-state index in [4.69, 9.17) is 0 Å². The molecule has 5 nitrogen and oxygen atoms in total. The van der Waals surface area contributed by atoms with Crippen molar-refractivity contribution in [3.8, 4) is 0 Å². The Morgan fingerprint density at radius 3 is 2.60 bits per heavy atom. The van der Waals surface area contributed by atoms with Crippen molar-refractivity contribution in [1.82, 2.24) is 0 Å². The number of nitrogens with zero attached hydrogens (tertiary/aromatic N) is 1. The Morgan fingerprint density at radius 2 is 2.05 bits per heavy atom. The van der Waals surface area contributed by atoms with Gasteiger partial charge >= 0.3 is 5.97 Å². The van der Waals surface area contributed by atoms with Gasteiger partial charge in [0, 0.05) is 11.0 Å². The van der Waals surface area contributed by atoms with E-state index in [0.717, 1.165) is 28.3 Å². The average molecular weight is 331 g/mol. The van der Waals surface area contributed by atoms with Crippen LogP contribution in [0.15, 0.2) is 24.3 Å². The highest BCUT2D eigenvalue weighted by atomic mass is 32.3. The number of ether oxygens (including phenoxy) is 1. The summed E-state index contributed by atoms with van der Waals surface area (Å²) >= 11 is 2.43. The molecule has 8 heteroatoms. The maximum atomic E-state index is 11.7. The lowest BCUT2D eigenvalue weighted by molar-refractivity contribution is 0.0606. The second-order valence-electron chi connectivity index (χ2n) is 4.00. The van der Waals surface area contributed by atoms with Crippen LogP contribution in [0.25, 0.3) is 10.1 Å². The van der Waals surface area contributed by atoms with Gasteiger partial charge in [0.05, 0.1) is 19.1 Å². The Morgan fingerprint density at radius 1 is 1.35 bits per heavy atom. The summed E-state index contributed by atoms with van der Waals surface area (Å²) in [6, 6.07) is 6.97. The number of thiophene rings is 1. The second kappa shape index (κ2) is 5.63. The Kier molecular flexibility index (Phi) is 4.26. The molecular weight excluding hydrogens is 318 g/mol. The maximum absolute atomic E-state index is 11.7. The van der Waals surface area contributed by atoms with Gasteiger partial charge in [-0.05, 0) is 41.6 Å². The molecule has 0 spiro atoms. The monoisotopic (exact) mass is 331 g/mol. The molecular formula is C12H13NO4S3. The van der Waals surface area contributed by atoms with Crippen molar-refractivity contribution in [2.24, 2.45) is 0 Å². The van der Waals surface area contributed by atoms with Crippen molar-refractivity contribution >= 4 is 55.1 Å². The van der Waals surface area contributed by atoms with E-state index in [-0.39, 0.29) is 0 Å². The molecule has 0 saturated heterocycles. The first-order valence-corrected chi connectivity index (χ1v) is 9.38. The van der Waals surface area contributed by atoms with Crippen molar-refractivity contribution in [1.29, 1.82) is 0 Å². The molecule has 2 rings (SSSR count). The molecule has 0 unspecified atom stereocenters. The summed E-state index contributed by atoms with van der Waals surface area (Å²) in [7, 11) is -2.01. The Bertz CT molecular complexity index is 751. The topological polar surface area (TPSA) is 63.7 Å². The van der Waals surface area contributed by atoms with Crippen molar-refractivity contribution in [2.45, 2.75) is 0 Å². The zero-order valence-corrected chi connectivity index (χ0v) is 13.6. The van der Waals surface area contributed by atoms with Crippen LogP contribution in [0.3, 0.4) is 0 Å². The molecule has 1 aromatic heterocycles. The third-order valence-electron chi connectivity index (χ3n) is 2.56. The number of rotatable bonds is 4. The van der Waals surface area contributed by atoms with E-state index in [9.17, 15) is 13.2 Å². The van der Waals surface area contributed by atoms with Crippen LogP contribution in [-0.4, -0.2) is 34.0 Å². The fraction of sp³-hybridized carbons (Fsp3) is 0.250. The fourth-order valence-electron chi connectivity index (χ4n) is 1.78. The Hall–Kier alpha value is -1.25. The van der Waals surface area contributed by atoms with Gasteiger partial charge in [-0.15, -0.1) is 11.3 Å². The molecule has 0 amide bonds. The quantitative estimate of drug-likeness (QED) is 0.637. The molecule has 2 aromatic rings. The molecule has 0 aliphatic carbocycles. The Balaban J connectivity index is 2.51. The van der Waals surface area contributed by atoms with Crippen LogP contribution < -0.4 is 3.71 Å². The van der Waals surface area contributed by atoms with Crippen LogP contribution in [0.2, 0.25) is 0 Å². The number of carbonyl (C=O) groups is 1. The van der Waals surface area contributed by atoms with E-state index in [1.807, 2.05) is 0 Å². The van der Waals surface area contributed by atoms with Gasteiger partial charge in [-0.3, -0.25) is 0 Å². The van der Waals surface area contributed by atoms with Crippen molar-refractivity contribution in [3.05, 3.63) is 29.1 Å². The minimum absolute atomic E-state index is 0.391. The van der Waals surface area contributed by atoms with Crippen LogP contribution in [0, 0.1) is 0 Å². The van der Waals surface area contributed by atoms with Gasteiger partial charge in [0.1, 0.15) is 4.88 Å². The lowest BCUT2D eigenvalue weighted by atomic mass is 10.2. The van der Waals surface area contributed by atoms with E-state index in [2.05, 4.69) is 4.74 Å². The molecule has 0 fully saturated rings. The summed E-state index contributed by atoms with van der Waals surface area (Å²) in [4.78, 5) is 12.0.